The lowest BCUT2D eigenvalue weighted by molar-refractivity contribution is -0.149. The van der Waals surface area contributed by atoms with E-state index in [0.717, 1.165) is 37.7 Å². The number of ether oxygens (including phenoxy) is 2. The van der Waals surface area contributed by atoms with Crippen molar-refractivity contribution in [3.8, 4) is 22.3 Å². The first kappa shape index (κ1) is 30.6. The van der Waals surface area contributed by atoms with Gasteiger partial charge in [0.05, 0.1) is 13.1 Å². The lowest BCUT2D eigenvalue weighted by atomic mass is 9.88. The third-order valence-corrected chi connectivity index (χ3v) is 9.03. The number of benzene rings is 4. The number of hydrogen-bond acceptors (Lipinski definition) is 7. The fourth-order valence-corrected chi connectivity index (χ4v) is 6.50. The predicted octanol–water partition coefficient (Wildman–Crippen LogP) is 5.54. The predicted molar refractivity (Wildman–Crippen MR) is 180 cm³/mol. The van der Waals surface area contributed by atoms with Crippen molar-refractivity contribution >= 4 is 11.9 Å². The Kier molecular flexibility index (Phi) is 7.59. The summed E-state index contributed by atoms with van der Waals surface area (Å²) in [6.45, 7) is 7.29. The lowest BCUT2D eigenvalue weighted by Gasteiger charge is -2.30. The summed E-state index contributed by atoms with van der Waals surface area (Å²) in [5.41, 5.74) is 1.66. The zero-order chi connectivity index (χ0) is 33.5. The molecule has 9 nitrogen and oxygen atoms in total. The zero-order valence-electron chi connectivity index (χ0n) is 26.0. The van der Waals surface area contributed by atoms with Gasteiger partial charge in [-0.05, 0) is 33.4 Å². The standard InChI is InChI=1S/C39H31N3O6/c1-26-21-38(47-35(26)44,32-17-13-30(14-18-32)28-9-5-3-6-10-28)24-41-34(43)23-40-42(37(41)46)25-39(22-27(2)36(45)48-39)33-19-15-31(16-20-33)29-11-7-4-8-12-29/h3-20,23H,1-2,21-22,24-25H2. The molecule has 2 atom stereocenters. The highest BCUT2D eigenvalue weighted by Crippen LogP contribution is 2.42. The Morgan fingerprint density at radius 3 is 1.42 bits per heavy atom. The topological polar surface area (TPSA) is 109 Å². The maximum atomic E-state index is 14.1. The molecule has 48 heavy (non-hydrogen) atoms. The van der Waals surface area contributed by atoms with E-state index < -0.39 is 34.4 Å². The Morgan fingerprint density at radius 2 is 1.00 bits per heavy atom. The molecule has 0 bridgehead atoms. The number of carbonyl (C=O) groups excluding carboxylic acids is 2. The van der Waals surface area contributed by atoms with E-state index >= 15 is 0 Å². The van der Waals surface area contributed by atoms with Crippen molar-refractivity contribution in [1.29, 1.82) is 0 Å². The molecule has 2 fully saturated rings. The second kappa shape index (κ2) is 11.9. The van der Waals surface area contributed by atoms with Crippen molar-refractivity contribution in [2.45, 2.75) is 37.1 Å². The molecule has 5 aromatic rings. The molecule has 9 heteroatoms. The molecule has 0 aliphatic carbocycles. The number of cyclic esters (lactones) is 2. The van der Waals surface area contributed by atoms with Crippen LogP contribution in [-0.4, -0.2) is 26.3 Å². The van der Waals surface area contributed by atoms with Gasteiger partial charge >= 0.3 is 17.6 Å². The van der Waals surface area contributed by atoms with E-state index in [2.05, 4.69) is 18.3 Å². The Morgan fingerprint density at radius 1 is 0.583 bits per heavy atom. The maximum Gasteiger partial charge on any atom is 0.347 e. The quantitative estimate of drug-likeness (QED) is 0.162. The van der Waals surface area contributed by atoms with E-state index in [0.29, 0.717) is 11.1 Å². The Hall–Kier alpha value is -6.09. The van der Waals surface area contributed by atoms with Gasteiger partial charge in [0.25, 0.3) is 5.56 Å². The van der Waals surface area contributed by atoms with Gasteiger partial charge in [-0.3, -0.25) is 9.36 Å². The van der Waals surface area contributed by atoms with E-state index in [-0.39, 0.29) is 37.1 Å². The molecule has 0 saturated carbocycles. The fourth-order valence-electron chi connectivity index (χ4n) is 6.50. The summed E-state index contributed by atoms with van der Waals surface area (Å²) in [5, 5.41) is 4.16. The molecule has 0 radical (unpaired) electrons. The molecule has 2 saturated heterocycles. The third-order valence-electron chi connectivity index (χ3n) is 9.03. The molecule has 238 valence electrons. The van der Waals surface area contributed by atoms with Gasteiger partial charge in [0, 0.05) is 24.0 Å². The summed E-state index contributed by atoms with van der Waals surface area (Å²) < 4.78 is 13.9. The molecule has 1 aromatic heterocycles. The number of hydrogen-bond donors (Lipinski definition) is 0. The molecule has 4 aromatic carbocycles. The van der Waals surface area contributed by atoms with E-state index in [4.69, 9.17) is 9.47 Å². The maximum absolute atomic E-state index is 14.1. The van der Waals surface area contributed by atoms with Gasteiger partial charge in [-0.25, -0.2) is 19.1 Å². The van der Waals surface area contributed by atoms with Crippen LogP contribution in [-0.2, 0) is 43.4 Å². The van der Waals surface area contributed by atoms with Crippen molar-refractivity contribution in [2.24, 2.45) is 0 Å². The Bertz CT molecular complexity index is 2150. The van der Waals surface area contributed by atoms with Crippen LogP contribution in [0.3, 0.4) is 0 Å². The van der Waals surface area contributed by atoms with Crippen LogP contribution in [0.4, 0.5) is 0 Å². The minimum Gasteiger partial charge on any atom is -0.449 e. The molecule has 2 aliphatic rings. The van der Waals surface area contributed by atoms with Crippen LogP contribution in [0.5, 0.6) is 0 Å². The number of nitrogens with zero attached hydrogens (tertiary/aromatic N) is 3. The van der Waals surface area contributed by atoms with Gasteiger partial charge in [0.1, 0.15) is 6.20 Å². The average molecular weight is 638 g/mol. The SMILES string of the molecule is C=C1CC(Cn2ncc(=O)n(CC3(c4ccc(-c5ccccc5)cc4)CC(=C)C(=O)O3)c2=O)(c2ccc(-c3ccccc3)cc2)OC1=O. The Balaban J connectivity index is 1.25. The molecule has 0 amide bonds. The first-order chi connectivity index (χ1) is 23.2. The van der Waals surface area contributed by atoms with Gasteiger partial charge in [-0.2, -0.15) is 5.10 Å². The third kappa shape index (κ3) is 5.49. The summed E-state index contributed by atoms with van der Waals surface area (Å²) in [5.74, 6) is -1.17. The zero-order valence-corrected chi connectivity index (χ0v) is 26.0. The molecular formula is C39H31N3O6. The van der Waals surface area contributed by atoms with Crippen LogP contribution >= 0.6 is 0 Å². The minimum atomic E-state index is -1.36. The number of esters is 2. The largest absolute Gasteiger partial charge is 0.449 e. The van der Waals surface area contributed by atoms with Crippen molar-refractivity contribution in [3.05, 3.63) is 172 Å². The van der Waals surface area contributed by atoms with Crippen LogP contribution in [0.15, 0.2) is 149 Å². The first-order valence-corrected chi connectivity index (χ1v) is 15.5. The second-order valence-corrected chi connectivity index (χ2v) is 12.2. The molecule has 0 spiro atoms. The van der Waals surface area contributed by atoms with Crippen LogP contribution in [0.1, 0.15) is 24.0 Å². The smallest absolute Gasteiger partial charge is 0.347 e. The van der Waals surface area contributed by atoms with Crippen molar-refractivity contribution in [3.63, 3.8) is 0 Å². The number of rotatable bonds is 8. The summed E-state index contributed by atoms with van der Waals surface area (Å²) in [7, 11) is 0. The minimum absolute atomic E-state index is 0.0832. The molecule has 0 N–H and O–H groups in total. The molecule has 2 unspecified atom stereocenters. The van der Waals surface area contributed by atoms with E-state index in [9.17, 15) is 19.2 Å². The summed E-state index contributed by atoms with van der Waals surface area (Å²) in [4.78, 5) is 52.7. The summed E-state index contributed by atoms with van der Waals surface area (Å²) in [6.07, 6.45) is 1.25. The van der Waals surface area contributed by atoms with Crippen LogP contribution < -0.4 is 11.2 Å². The Labute approximate surface area is 276 Å². The van der Waals surface area contributed by atoms with Crippen LogP contribution in [0, 0.1) is 0 Å². The molecule has 3 heterocycles. The highest BCUT2D eigenvalue weighted by Gasteiger charge is 2.47. The van der Waals surface area contributed by atoms with E-state index in [1.165, 1.54) is 0 Å². The highest BCUT2D eigenvalue weighted by molar-refractivity contribution is 5.91. The molecular weight excluding hydrogens is 606 g/mol. The molecule has 2 aliphatic heterocycles. The highest BCUT2D eigenvalue weighted by atomic mass is 16.6. The fraction of sp³-hybridized carbons (Fsp3) is 0.154. The summed E-state index contributed by atoms with van der Waals surface area (Å²) in [6, 6.07) is 34.7. The summed E-state index contributed by atoms with van der Waals surface area (Å²) >= 11 is 0. The first-order valence-electron chi connectivity index (χ1n) is 15.5. The lowest BCUT2D eigenvalue weighted by Crippen LogP contribution is -2.48. The van der Waals surface area contributed by atoms with E-state index in [1.54, 1.807) is 0 Å². The van der Waals surface area contributed by atoms with Gasteiger partial charge in [0.15, 0.2) is 11.2 Å². The van der Waals surface area contributed by atoms with Gasteiger partial charge in [0.2, 0.25) is 0 Å². The van der Waals surface area contributed by atoms with Gasteiger partial charge < -0.3 is 9.47 Å². The van der Waals surface area contributed by atoms with Crippen molar-refractivity contribution < 1.29 is 19.1 Å². The van der Waals surface area contributed by atoms with Crippen LogP contribution in [0.25, 0.3) is 22.3 Å². The van der Waals surface area contributed by atoms with Crippen molar-refractivity contribution in [2.75, 3.05) is 0 Å². The van der Waals surface area contributed by atoms with Crippen molar-refractivity contribution in [1.82, 2.24) is 14.3 Å². The number of carbonyl (C=O) groups is 2. The van der Waals surface area contributed by atoms with Gasteiger partial charge in [-0.15, -0.1) is 0 Å². The van der Waals surface area contributed by atoms with E-state index in [1.807, 2.05) is 109 Å². The molecule has 7 rings (SSSR count). The number of aromatic nitrogens is 3. The van der Waals surface area contributed by atoms with Crippen LogP contribution in [0.2, 0.25) is 0 Å². The normalized spacial score (nSPS) is 20.5. The average Bonchev–Trinajstić information content (AvgIpc) is 3.58. The second-order valence-electron chi connectivity index (χ2n) is 12.2. The monoisotopic (exact) mass is 637 g/mol. The van der Waals surface area contributed by atoms with Gasteiger partial charge in [-0.1, -0.05) is 122 Å².